The SMILES string of the molecule is Cc1nc2cc(N3CCNC(=O)C3)c(N)cc2s1. The molecule has 1 fully saturated rings. The van der Waals surface area contributed by atoms with Crippen molar-refractivity contribution in [3.8, 4) is 0 Å². The highest BCUT2D eigenvalue weighted by Gasteiger charge is 2.19. The fraction of sp³-hybridized carbons (Fsp3) is 0.333. The topological polar surface area (TPSA) is 71.2 Å². The van der Waals surface area contributed by atoms with Gasteiger partial charge in [0.25, 0.3) is 0 Å². The molecule has 0 spiro atoms. The minimum atomic E-state index is 0.0372. The number of amides is 1. The van der Waals surface area contributed by atoms with Gasteiger partial charge in [0.1, 0.15) is 0 Å². The molecule has 0 aliphatic carbocycles. The van der Waals surface area contributed by atoms with E-state index in [-0.39, 0.29) is 5.91 Å². The maximum Gasteiger partial charge on any atom is 0.239 e. The summed E-state index contributed by atoms with van der Waals surface area (Å²) in [5, 5.41) is 3.83. The monoisotopic (exact) mass is 262 g/mol. The molecule has 1 aromatic carbocycles. The van der Waals surface area contributed by atoms with Gasteiger partial charge in [-0.25, -0.2) is 4.98 Å². The maximum absolute atomic E-state index is 11.4. The zero-order valence-corrected chi connectivity index (χ0v) is 10.9. The molecule has 1 aliphatic rings. The number of fused-ring (bicyclic) bond motifs is 1. The van der Waals surface area contributed by atoms with Crippen LogP contribution in [0.15, 0.2) is 12.1 Å². The van der Waals surface area contributed by atoms with Crippen LogP contribution in [0.4, 0.5) is 11.4 Å². The van der Waals surface area contributed by atoms with Gasteiger partial charge in [-0.2, -0.15) is 0 Å². The van der Waals surface area contributed by atoms with Gasteiger partial charge < -0.3 is 16.0 Å². The van der Waals surface area contributed by atoms with E-state index in [1.165, 1.54) is 0 Å². The lowest BCUT2D eigenvalue weighted by Gasteiger charge is -2.29. The highest BCUT2D eigenvalue weighted by Crippen LogP contribution is 2.32. The summed E-state index contributed by atoms with van der Waals surface area (Å²) >= 11 is 1.63. The summed E-state index contributed by atoms with van der Waals surface area (Å²) in [6.07, 6.45) is 0. The van der Waals surface area contributed by atoms with Crippen LogP contribution < -0.4 is 16.0 Å². The Hall–Kier alpha value is -1.82. The van der Waals surface area contributed by atoms with Crippen molar-refractivity contribution in [2.75, 3.05) is 30.3 Å². The van der Waals surface area contributed by atoms with Gasteiger partial charge in [0.05, 0.1) is 33.1 Å². The molecule has 0 radical (unpaired) electrons. The molecule has 3 rings (SSSR count). The van der Waals surface area contributed by atoms with Gasteiger partial charge in [-0.05, 0) is 19.1 Å². The number of piperazine rings is 1. The zero-order valence-electron chi connectivity index (χ0n) is 10.1. The van der Waals surface area contributed by atoms with Crippen molar-refractivity contribution in [3.63, 3.8) is 0 Å². The van der Waals surface area contributed by atoms with Gasteiger partial charge in [0.2, 0.25) is 5.91 Å². The Morgan fingerprint density at radius 3 is 3.11 bits per heavy atom. The normalized spacial score (nSPS) is 16.1. The lowest BCUT2D eigenvalue weighted by atomic mass is 10.2. The van der Waals surface area contributed by atoms with E-state index in [2.05, 4.69) is 10.3 Å². The molecule has 1 aliphatic heterocycles. The van der Waals surface area contributed by atoms with Gasteiger partial charge in [-0.15, -0.1) is 11.3 Å². The molecule has 0 bridgehead atoms. The number of nitrogens with two attached hydrogens (primary N) is 1. The quantitative estimate of drug-likeness (QED) is 0.756. The smallest absolute Gasteiger partial charge is 0.239 e. The van der Waals surface area contributed by atoms with Crippen LogP contribution in [0.25, 0.3) is 10.2 Å². The molecule has 2 heterocycles. The number of hydrogen-bond acceptors (Lipinski definition) is 5. The Kier molecular flexibility index (Phi) is 2.59. The summed E-state index contributed by atoms with van der Waals surface area (Å²) < 4.78 is 1.09. The lowest BCUT2D eigenvalue weighted by Crippen LogP contribution is -2.47. The van der Waals surface area contributed by atoms with Crippen LogP contribution in [0.3, 0.4) is 0 Å². The second-order valence-corrected chi connectivity index (χ2v) is 5.62. The summed E-state index contributed by atoms with van der Waals surface area (Å²) in [5.41, 5.74) is 8.64. The van der Waals surface area contributed by atoms with Crippen molar-refractivity contribution < 1.29 is 4.79 Å². The molecule has 1 aromatic heterocycles. The molecule has 0 unspecified atom stereocenters. The number of nitrogen functional groups attached to an aromatic ring is 1. The molecule has 94 valence electrons. The number of hydrogen-bond donors (Lipinski definition) is 2. The second kappa shape index (κ2) is 4.13. The molecule has 1 amide bonds. The van der Waals surface area contributed by atoms with E-state index in [1.54, 1.807) is 11.3 Å². The van der Waals surface area contributed by atoms with E-state index in [0.717, 1.165) is 27.5 Å². The van der Waals surface area contributed by atoms with E-state index >= 15 is 0 Å². The zero-order chi connectivity index (χ0) is 12.7. The van der Waals surface area contributed by atoms with Gasteiger partial charge in [0.15, 0.2) is 0 Å². The van der Waals surface area contributed by atoms with Crippen molar-refractivity contribution >= 4 is 38.8 Å². The molecule has 5 nitrogen and oxygen atoms in total. The van der Waals surface area contributed by atoms with Crippen LogP contribution in [0.2, 0.25) is 0 Å². The van der Waals surface area contributed by atoms with Crippen LogP contribution in [-0.2, 0) is 4.79 Å². The van der Waals surface area contributed by atoms with Crippen LogP contribution in [0.5, 0.6) is 0 Å². The predicted molar refractivity (Wildman–Crippen MR) is 74.0 cm³/mol. The fourth-order valence-corrected chi connectivity index (χ4v) is 3.07. The van der Waals surface area contributed by atoms with Gasteiger partial charge in [-0.1, -0.05) is 0 Å². The van der Waals surface area contributed by atoms with Crippen molar-refractivity contribution in [1.29, 1.82) is 0 Å². The fourth-order valence-electron chi connectivity index (χ4n) is 2.21. The van der Waals surface area contributed by atoms with Crippen LogP contribution in [-0.4, -0.2) is 30.5 Å². The number of aromatic nitrogens is 1. The van der Waals surface area contributed by atoms with Gasteiger partial charge in [-0.3, -0.25) is 4.79 Å². The Balaban J connectivity index is 2.04. The second-order valence-electron chi connectivity index (χ2n) is 4.38. The molecule has 2 aromatic rings. The third-order valence-electron chi connectivity index (χ3n) is 3.02. The third-order valence-corrected chi connectivity index (χ3v) is 3.96. The van der Waals surface area contributed by atoms with Crippen LogP contribution >= 0.6 is 11.3 Å². The summed E-state index contributed by atoms with van der Waals surface area (Å²) in [4.78, 5) is 17.9. The van der Waals surface area contributed by atoms with Crippen LogP contribution in [0.1, 0.15) is 5.01 Å². The molecule has 3 N–H and O–H groups in total. The number of nitrogens with zero attached hydrogens (tertiary/aromatic N) is 2. The van der Waals surface area contributed by atoms with E-state index in [1.807, 2.05) is 24.0 Å². The molecular formula is C12H14N4OS. The molecule has 0 atom stereocenters. The molecule has 0 saturated carbocycles. The Morgan fingerprint density at radius 2 is 2.33 bits per heavy atom. The first-order valence-corrected chi connectivity index (χ1v) is 6.63. The molecule has 1 saturated heterocycles. The summed E-state index contributed by atoms with van der Waals surface area (Å²) in [7, 11) is 0. The van der Waals surface area contributed by atoms with Crippen LogP contribution in [0, 0.1) is 6.92 Å². The maximum atomic E-state index is 11.4. The molecule has 6 heteroatoms. The number of rotatable bonds is 1. The Labute approximate surface area is 109 Å². The molecular weight excluding hydrogens is 248 g/mol. The third kappa shape index (κ3) is 1.88. The van der Waals surface area contributed by atoms with Gasteiger partial charge >= 0.3 is 0 Å². The van der Waals surface area contributed by atoms with Crippen molar-refractivity contribution in [1.82, 2.24) is 10.3 Å². The minimum absolute atomic E-state index is 0.0372. The highest BCUT2D eigenvalue weighted by molar-refractivity contribution is 7.18. The number of carbonyl (C=O) groups is 1. The van der Waals surface area contributed by atoms with E-state index in [4.69, 9.17) is 5.73 Å². The molecule has 18 heavy (non-hydrogen) atoms. The summed E-state index contributed by atoms with van der Waals surface area (Å²) in [6, 6.07) is 3.93. The number of anilines is 2. The van der Waals surface area contributed by atoms with E-state index in [0.29, 0.717) is 18.8 Å². The lowest BCUT2D eigenvalue weighted by molar-refractivity contribution is -0.120. The summed E-state index contributed by atoms with van der Waals surface area (Å²) in [5.74, 6) is 0.0372. The Bertz CT molecular complexity index is 622. The van der Waals surface area contributed by atoms with Crippen molar-refractivity contribution in [2.24, 2.45) is 0 Å². The number of nitrogens with one attached hydrogen (secondary N) is 1. The first kappa shape index (κ1) is 11.3. The predicted octanol–water partition coefficient (Wildman–Crippen LogP) is 1.12. The number of carbonyl (C=O) groups excluding carboxylic acids is 1. The average Bonchev–Trinajstić information content (AvgIpc) is 2.67. The minimum Gasteiger partial charge on any atom is -0.397 e. The summed E-state index contributed by atoms with van der Waals surface area (Å²) in [6.45, 7) is 3.78. The average molecular weight is 262 g/mol. The van der Waals surface area contributed by atoms with Crippen molar-refractivity contribution in [2.45, 2.75) is 6.92 Å². The van der Waals surface area contributed by atoms with E-state index < -0.39 is 0 Å². The Morgan fingerprint density at radius 1 is 1.50 bits per heavy atom. The van der Waals surface area contributed by atoms with E-state index in [9.17, 15) is 4.79 Å². The first-order chi connectivity index (χ1) is 8.63. The number of benzene rings is 1. The highest BCUT2D eigenvalue weighted by atomic mass is 32.1. The first-order valence-electron chi connectivity index (χ1n) is 5.82. The number of thiazole rings is 1. The van der Waals surface area contributed by atoms with Gasteiger partial charge in [0, 0.05) is 13.1 Å². The largest absolute Gasteiger partial charge is 0.397 e. The standard InChI is InChI=1S/C12H14N4OS/c1-7-15-9-5-10(8(13)4-11(9)18-7)16-3-2-14-12(17)6-16/h4-5H,2-3,6,13H2,1H3,(H,14,17). The van der Waals surface area contributed by atoms with Crippen molar-refractivity contribution in [3.05, 3.63) is 17.1 Å². The number of aryl methyl sites for hydroxylation is 1.